The molecule has 5 rings (SSSR count). The SMILES string of the molecule is CN1CCC(C)(C(=O)N2CCC(S(=O)c3ccc(F)cc3)C2)CC1.Fc1cccc(F)c1COC(c1ccccc1)(C(F)(F)F)C(F)(F)F. The molecule has 2 fully saturated rings. The summed E-state index contributed by atoms with van der Waals surface area (Å²) in [6, 6.07) is 12.5. The fourth-order valence-electron chi connectivity index (χ4n) is 5.81. The van der Waals surface area contributed by atoms with E-state index < -0.39 is 58.1 Å². The van der Waals surface area contributed by atoms with Crippen LogP contribution in [0.4, 0.5) is 39.5 Å². The van der Waals surface area contributed by atoms with Crippen molar-refractivity contribution in [2.45, 2.75) is 60.9 Å². The van der Waals surface area contributed by atoms with Gasteiger partial charge in [-0.05, 0) is 75.8 Å². The van der Waals surface area contributed by atoms with E-state index in [1.54, 1.807) is 12.1 Å². The lowest BCUT2D eigenvalue weighted by atomic mass is 9.79. The van der Waals surface area contributed by atoms with Gasteiger partial charge < -0.3 is 14.5 Å². The second kappa shape index (κ2) is 15.2. The van der Waals surface area contributed by atoms with Gasteiger partial charge in [0.15, 0.2) is 0 Å². The minimum atomic E-state index is -5.92. The molecule has 0 N–H and O–H groups in total. The third-order valence-corrected chi connectivity index (χ3v) is 10.6. The summed E-state index contributed by atoms with van der Waals surface area (Å²) >= 11 is 0. The van der Waals surface area contributed by atoms with Crippen LogP contribution in [0.3, 0.4) is 0 Å². The maximum absolute atomic E-state index is 13.5. The highest BCUT2D eigenvalue weighted by atomic mass is 32.2. The molecule has 49 heavy (non-hydrogen) atoms. The molecule has 5 nitrogen and oxygen atoms in total. The third-order valence-electron chi connectivity index (χ3n) is 8.86. The maximum Gasteiger partial charge on any atom is 0.430 e. The zero-order chi connectivity index (χ0) is 36.2. The van der Waals surface area contributed by atoms with Gasteiger partial charge in [-0.15, -0.1) is 0 Å². The molecule has 2 heterocycles. The number of carbonyl (C=O) groups is 1. The van der Waals surface area contributed by atoms with E-state index in [2.05, 4.69) is 23.6 Å². The van der Waals surface area contributed by atoms with Crippen molar-refractivity contribution in [2.24, 2.45) is 5.41 Å². The highest BCUT2D eigenvalue weighted by Gasteiger charge is 2.73. The molecular weight excluding hydrogens is 687 g/mol. The van der Waals surface area contributed by atoms with Crippen LogP contribution in [0.25, 0.3) is 0 Å². The van der Waals surface area contributed by atoms with Gasteiger partial charge in [0.2, 0.25) is 5.91 Å². The van der Waals surface area contributed by atoms with Crippen LogP contribution in [-0.4, -0.2) is 70.7 Å². The fourth-order valence-corrected chi connectivity index (χ4v) is 7.24. The van der Waals surface area contributed by atoms with Crippen LogP contribution in [0, 0.1) is 22.9 Å². The monoisotopic (exact) mass is 722 g/mol. The molecule has 0 bridgehead atoms. The van der Waals surface area contributed by atoms with E-state index in [0.29, 0.717) is 42.3 Å². The molecule has 2 aliphatic rings. The lowest BCUT2D eigenvalue weighted by Crippen LogP contribution is -2.55. The van der Waals surface area contributed by atoms with E-state index in [9.17, 15) is 48.5 Å². The van der Waals surface area contributed by atoms with Crippen LogP contribution in [0.2, 0.25) is 0 Å². The van der Waals surface area contributed by atoms with E-state index in [-0.39, 0.29) is 22.4 Å². The molecule has 268 valence electrons. The average Bonchev–Trinajstić information content (AvgIpc) is 3.54. The summed E-state index contributed by atoms with van der Waals surface area (Å²) in [5.41, 5.74) is -7.29. The number of amides is 1. The molecule has 2 aliphatic heterocycles. The quantitative estimate of drug-likeness (QED) is 0.234. The van der Waals surface area contributed by atoms with Crippen molar-refractivity contribution >= 4 is 16.7 Å². The van der Waals surface area contributed by atoms with Gasteiger partial charge in [-0.2, -0.15) is 26.3 Å². The Hall–Kier alpha value is -3.43. The zero-order valence-corrected chi connectivity index (χ0v) is 27.4. The number of piperidine rings is 1. The molecule has 15 heteroatoms. The Morgan fingerprint density at radius 1 is 0.837 bits per heavy atom. The van der Waals surface area contributed by atoms with Crippen molar-refractivity contribution < 1.29 is 53.3 Å². The molecule has 2 saturated heterocycles. The number of ether oxygens (including phenoxy) is 1. The van der Waals surface area contributed by atoms with Gasteiger partial charge in [0.25, 0.3) is 5.60 Å². The Labute approximate surface area is 280 Å². The highest BCUT2D eigenvalue weighted by molar-refractivity contribution is 7.85. The standard InChI is InChI=1S/C18H25FN2O2S.C16H10F8O/c1-18(8-11-20(2)12-9-18)17(22)21-10-7-16(13-21)24(23)15-5-3-14(19)4-6-15;17-12-7-4-8-13(18)11(12)9-25-14(15(19,20)21,16(22,23)24)10-5-2-1-3-6-10/h3-6,16H,7-13H2,1-2H3;1-8H,9H2. The summed E-state index contributed by atoms with van der Waals surface area (Å²) in [5.74, 6) is -2.75. The van der Waals surface area contributed by atoms with Gasteiger partial charge in [0.05, 0.1) is 22.7 Å². The van der Waals surface area contributed by atoms with Gasteiger partial charge in [0, 0.05) is 34.5 Å². The molecule has 0 spiro atoms. The van der Waals surface area contributed by atoms with Crippen LogP contribution in [-0.2, 0) is 32.5 Å². The van der Waals surface area contributed by atoms with Gasteiger partial charge in [0.1, 0.15) is 17.5 Å². The second-order valence-electron chi connectivity index (χ2n) is 12.3. The number of rotatable bonds is 7. The summed E-state index contributed by atoms with van der Waals surface area (Å²) in [6.07, 6.45) is -9.34. The van der Waals surface area contributed by atoms with Gasteiger partial charge in [-0.1, -0.05) is 43.3 Å². The molecule has 3 aromatic carbocycles. The minimum absolute atomic E-state index is 0.0609. The lowest BCUT2D eigenvalue weighted by molar-refractivity contribution is -0.392. The Bertz CT molecular complexity index is 1560. The summed E-state index contributed by atoms with van der Waals surface area (Å²) in [4.78, 5) is 17.7. The number of halogens is 9. The predicted molar refractivity (Wildman–Crippen MR) is 164 cm³/mol. The lowest BCUT2D eigenvalue weighted by Gasteiger charge is -2.39. The molecule has 2 atom stereocenters. The van der Waals surface area contributed by atoms with Crippen LogP contribution in [0.5, 0.6) is 0 Å². The van der Waals surface area contributed by atoms with Crippen LogP contribution in [0.1, 0.15) is 37.3 Å². The van der Waals surface area contributed by atoms with Crippen LogP contribution < -0.4 is 0 Å². The number of carbonyl (C=O) groups excluding carboxylic acids is 1. The van der Waals surface area contributed by atoms with Gasteiger partial charge in [-0.25, -0.2) is 13.2 Å². The number of hydrogen-bond donors (Lipinski definition) is 0. The minimum Gasteiger partial charge on any atom is -0.349 e. The highest BCUT2D eigenvalue weighted by Crippen LogP contribution is 2.53. The van der Waals surface area contributed by atoms with E-state index in [4.69, 9.17) is 0 Å². The number of likely N-dealkylation sites (tertiary alicyclic amines) is 2. The van der Waals surface area contributed by atoms with E-state index >= 15 is 0 Å². The summed E-state index contributed by atoms with van der Waals surface area (Å²) < 4.78 is 137. The van der Waals surface area contributed by atoms with Gasteiger partial charge in [-0.3, -0.25) is 9.00 Å². The first kappa shape index (κ1) is 38.4. The Balaban J connectivity index is 0.000000221. The van der Waals surface area contributed by atoms with E-state index in [1.165, 1.54) is 18.2 Å². The summed E-state index contributed by atoms with van der Waals surface area (Å²) in [7, 11) is 0.888. The van der Waals surface area contributed by atoms with Crippen molar-refractivity contribution in [3.05, 3.63) is 101 Å². The topological polar surface area (TPSA) is 49.9 Å². The Morgan fingerprint density at radius 3 is 1.92 bits per heavy atom. The Kier molecular flexibility index (Phi) is 11.9. The number of nitrogens with zero attached hydrogens (tertiary/aromatic N) is 2. The molecule has 3 aromatic rings. The van der Waals surface area contributed by atoms with Crippen LogP contribution >= 0.6 is 0 Å². The normalized spacial score (nSPS) is 19.2. The largest absolute Gasteiger partial charge is 0.430 e. The molecule has 0 aromatic heterocycles. The van der Waals surface area contributed by atoms with Crippen LogP contribution in [0.15, 0.2) is 77.7 Å². The first-order chi connectivity index (χ1) is 22.9. The predicted octanol–water partition coefficient (Wildman–Crippen LogP) is 7.77. The number of benzene rings is 3. The number of hydrogen-bond acceptors (Lipinski definition) is 4. The molecule has 0 radical (unpaired) electrons. The van der Waals surface area contributed by atoms with Crippen molar-refractivity contribution in [1.29, 1.82) is 0 Å². The Morgan fingerprint density at radius 2 is 1.39 bits per heavy atom. The van der Waals surface area contributed by atoms with Crippen molar-refractivity contribution in [3.63, 3.8) is 0 Å². The number of alkyl halides is 6. The summed E-state index contributed by atoms with van der Waals surface area (Å²) in [5, 5.41) is -0.0609. The van der Waals surface area contributed by atoms with Gasteiger partial charge >= 0.3 is 12.4 Å². The first-order valence-corrected chi connectivity index (χ1v) is 16.5. The smallest absolute Gasteiger partial charge is 0.349 e. The maximum atomic E-state index is 13.5. The summed E-state index contributed by atoms with van der Waals surface area (Å²) in [6.45, 7) is 3.59. The van der Waals surface area contributed by atoms with E-state index in [0.717, 1.165) is 50.6 Å². The second-order valence-corrected chi connectivity index (χ2v) is 14.0. The third kappa shape index (κ3) is 8.48. The average molecular weight is 723 g/mol. The van der Waals surface area contributed by atoms with E-state index in [1.807, 2.05) is 4.90 Å². The van der Waals surface area contributed by atoms with Crippen molar-refractivity contribution in [1.82, 2.24) is 9.80 Å². The molecule has 0 aliphatic carbocycles. The molecule has 0 saturated carbocycles. The molecule has 1 amide bonds. The van der Waals surface area contributed by atoms with Crippen molar-refractivity contribution in [2.75, 3.05) is 33.2 Å². The first-order valence-electron chi connectivity index (χ1n) is 15.3. The molecule has 2 unspecified atom stereocenters. The molecular formula is C34H35F9N2O3S. The fraction of sp³-hybridized carbons (Fsp3) is 0.441. The zero-order valence-electron chi connectivity index (χ0n) is 26.6. The van der Waals surface area contributed by atoms with Crippen molar-refractivity contribution in [3.8, 4) is 0 Å².